The third kappa shape index (κ3) is 3.40. The molecule has 6 heteroatoms. The molecule has 1 aromatic rings. The van der Waals surface area contributed by atoms with E-state index in [-0.39, 0.29) is 0 Å². The second-order valence-electron chi connectivity index (χ2n) is 3.70. The van der Waals surface area contributed by atoms with E-state index in [0.29, 0.717) is 12.1 Å². The van der Waals surface area contributed by atoms with Crippen molar-refractivity contribution in [2.24, 2.45) is 0 Å². The van der Waals surface area contributed by atoms with Gasteiger partial charge in [0.05, 0.1) is 7.11 Å². The van der Waals surface area contributed by atoms with Crippen LogP contribution < -0.4 is 10.1 Å². The maximum atomic E-state index is 13.6. The molecule has 1 rings (SSSR count). The highest BCUT2D eigenvalue weighted by Gasteiger charge is 2.20. The number of carbonyl (C=O) groups excluding carboxylic acids is 1. The molecule has 100 valence electrons. The van der Waals surface area contributed by atoms with Crippen molar-refractivity contribution in [3.63, 3.8) is 0 Å². The summed E-state index contributed by atoms with van der Waals surface area (Å²) in [6.07, 6.45) is -1.07. The quantitative estimate of drug-likeness (QED) is 0.816. The van der Waals surface area contributed by atoms with Gasteiger partial charge in [0.2, 0.25) is 0 Å². The lowest BCUT2D eigenvalue weighted by Crippen LogP contribution is -2.25. The minimum atomic E-state index is -1.07. The zero-order valence-corrected chi connectivity index (χ0v) is 10.4. The first-order chi connectivity index (χ1) is 8.49. The Hall–Kier alpha value is -1.69. The molecule has 0 aliphatic heterocycles. The Balaban J connectivity index is 2.93. The second-order valence-corrected chi connectivity index (χ2v) is 3.70. The lowest BCUT2D eigenvalue weighted by Gasteiger charge is -2.14. The van der Waals surface area contributed by atoms with Gasteiger partial charge in [-0.25, -0.2) is 13.6 Å². The van der Waals surface area contributed by atoms with Crippen LogP contribution in [0.3, 0.4) is 0 Å². The molecule has 18 heavy (non-hydrogen) atoms. The van der Waals surface area contributed by atoms with E-state index in [4.69, 9.17) is 4.74 Å². The van der Waals surface area contributed by atoms with Crippen LogP contribution in [0.1, 0.15) is 12.5 Å². The number of ether oxygens (including phenoxy) is 2. The highest BCUT2D eigenvalue weighted by molar-refractivity contribution is 5.74. The number of methoxy groups -OCH3 is 1. The van der Waals surface area contributed by atoms with Crippen molar-refractivity contribution in [1.29, 1.82) is 0 Å². The van der Waals surface area contributed by atoms with Gasteiger partial charge in [0.1, 0.15) is 0 Å². The first-order valence-corrected chi connectivity index (χ1v) is 5.36. The molecule has 0 saturated carbocycles. The van der Waals surface area contributed by atoms with Crippen molar-refractivity contribution >= 4 is 5.97 Å². The minimum Gasteiger partial charge on any atom is -0.473 e. The van der Waals surface area contributed by atoms with E-state index in [2.05, 4.69) is 10.1 Å². The maximum absolute atomic E-state index is 13.6. The van der Waals surface area contributed by atoms with Gasteiger partial charge in [0.25, 0.3) is 0 Å². The minimum absolute atomic E-state index is 0.334. The van der Waals surface area contributed by atoms with E-state index in [1.807, 2.05) is 0 Å². The molecule has 0 aromatic heterocycles. The van der Waals surface area contributed by atoms with Crippen LogP contribution in [-0.4, -0.2) is 26.2 Å². The molecular formula is C12H15F2NO3. The number of benzene rings is 1. The lowest BCUT2D eigenvalue weighted by atomic mass is 10.2. The van der Waals surface area contributed by atoms with Crippen molar-refractivity contribution in [1.82, 2.24) is 5.32 Å². The predicted octanol–water partition coefficient (Wildman–Crippen LogP) is 1.62. The zero-order valence-electron chi connectivity index (χ0n) is 10.4. The average Bonchev–Trinajstić information content (AvgIpc) is 2.33. The molecular weight excluding hydrogens is 244 g/mol. The lowest BCUT2D eigenvalue weighted by molar-refractivity contribution is -0.148. The maximum Gasteiger partial charge on any atom is 0.346 e. The Morgan fingerprint density at radius 1 is 1.39 bits per heavy atom. The first kappa shape index (κ1) is 14.4. The molecule has 0 saturated heterocycles. The molecule has 4 nitrogen and oxygen atoms in total. The summed E-state index contributed by atoms with van der Waals surface area (Å²) >= 11 is 0. The van der Waals surface area contributed by atoms with Gasteiger partial charge in [-0.15, -0.1) is 0 Å². The van der Waals surface area contributed by atoms with Crippen LogP contribution in [0.2, 0.25) is 0 Å². The topological polar surface area (TPSA) is 47.6 Å². The number of halogens is 2. The summed E-state index contributed by atoms with van der Waals surface area (Å²) in [5.41, 5.74) is 0.450. The van der Waals surface area contributed by atoms with Crippen LogP contribution in [0.15, 0.2) is 12.1 Å². The molecule has 0 amide bonds. The molecule has 0 radical (unpaired) electrons. The molecule has 1 aromatic carbocycles. The van der Waals surface area contributed by atoms with Crippen LogP contribution in [0.5, 0.6) is 5.75 Å². The van der Waals surface area contributed by atoms with Gasteiger partial charge < -0.3 is 14.8 Å². The van der Waals surface area contributed by atoms with E-state index in [1.165, 1.54) is 14.0 Å². The number of esters is 1. The van der Waals surface area contributed by atoms with E-state index in [9.17, 15) is 13.6 Å². The Labute approximate surface area is 104 Å². The molecule has 1 N–H and O–H groups in total. The number of rotatable bonds is 5. The van der Waals surface area contributed by atoms with Gasteiger partial charge in [-0.1, -0.05) is 0 Å². The summed E-state index contributed by atoms with van der Waals surface area (Å²) in [5.74, 6) is -2.98. The van der Waals surface area contributed by atoms with Crippen molar-refractivity contribution < 1.29 is 23.0 Å². The number of carbonyl (C=O) groups is 1. The summed E-state index contributed by atoms with van der Waals surface area (Å²) in [4.78, 5) is 11.1. The number of hydrogen-bond donors (Lipinski definition) is 1. The van der Waals surface area contributed by atoms with Crippen molar-refractivity contribution in [2.75, 3.05) is 14.2 Å². The fourth-order valence-corrected chi connectivity index (χ4v) is 1.42. The van der Waals surface area contributed by atoms with Crippen LogP contribution in [-0.2, 0) is 16.1 Å². The van der Waals surface area contributed by atoms with Gasteiger partial charge in [-0.2, -0.15) is 0 Å². The van der Waals surface area contributed by atoms with Gasteiger partial charge in [0.15, 0.2) is 23.5 Å². The molecule has 0 aliphatic rings. The Morgan fingerprint density at radius 2 is 1.94 bits per heavy atom. The van der Waals surface area contributed by atoms with E-state index in [1.54, 1.807) is 7.05 Å². The molecule has 1 atom stereocenters. The van der Waals surface area contributed by atoms with Crippen molar-refractivity contribution in [3.05, 3.63) is 29.3 Å². The van der Waals surface area contributed by atoms with Gasteiger partial charge in [-0.05, 0) is 31.7 Å². The Kier molecular flexibility index (Phi) is 5.03. The third-order valence-electron chi connectivity index (χ3n) is 2.27. The summed E-state index contributed by atoms with van der Waals surface area (Å²) in [6, 6.07) is 2.30. The van der Waals surface area contributed by atoms with Crippen molar-refractivity contribution in [3.8, 4) is 5.75 Å². The highest BCUT2D eigenvalue weighted by atomic mass is 19.1. The monoisotopic (exact) mass is 259 g/mol. The summed E-state index contributed by atoms with van der Waals surface area (Å²) in [7, 11) is 2.84. The largest absolute Gasteiger partial charge is 0.473 e. The van der Waals surface area contributed by atoms with Crippen LogP contribution in [0, 0.1) is 11.6 Å². The van der Waals surface area contributed by atoms with Crippen LogP contribution in [0.25, 0.3) is 0 Å². The second kappa shape index (κ2) is 6.30. The van der Waals surface area contributed by atoms with Crippen molar-refractivity contribution in [2.45, 2.75) is 19.6 Å². The fourth-order valence-electron chi connectivity index (χ4n) is 1.42. The molecule has 0 bridgehead atoms. The molecule has 0 aliphatic carbocycles. The molecule has 1 unspecified atom stereocenters. The predicted molar refractivity (Wildman–Crippen MR) is 61.2 cm³/mol. The fraction of sp³-hybridized carbons (Fsp3) is 0.417. The standard InChI is InChI=1S/C12H15F2NO3/c1-7(12(16)17-3)18-11-9(13)4-8(6-15-2)5-10(11)14/h4-5,7,15H,6H2,1-3H3. The summed E-state index contributed by atoms with van der Waals surface area (Å²) < 4.78 is 36.6. The Morgan fingerprint density at radius 3 is 2.39 bits per heavy atom. The van der Waals surface area contributed by atoms with Gasteiger partial charge in [-0.3, -0.25) is 0 Å². The average molecular weight is 259 g/mol. The zero-order chi connectivity index (χ0) is 13.7. The van der Waals surface area contributed by atoms with Crippen LogP contribution in [0.4, 0.5) is 8.78 Å². The number of nitrogens with one attached hydrogen (secondary N) is 1. The summed E-state index contributed by atoms with van der Waals surface area (Å²) in [6.45, 7) is 1.69. The molecule has 0 spiro atoms. The van der Waals surface area contributed by atoms with E-state index in [0.717, 1.165) is 12.1 Å². The SMILES string of the molecule is CNCc1cc(F)c(OC(C)C(=O)OC)c(F)c1. The molecule has 0 heterocycles. The summed E-state index contributed by atoms with van der Waals surface area (Å²) in [5, 5.41) is 2.78. The van der Waals surface area contributed by atoms with E-state index >= 15 is 0 Å². The normalized spacial score (nSPS) is 12.1. The Bertz CT molecular complexity index is 414. The van der Waals surface area contributed by atoms with Crippen LogP contribution >= 0.6 is 0 Å². The smallest absolute Gasteiger partial charge is 0.346 e. The van der Waals surface area contributed by atoms with Gasteiger partial charge in [0, 0.05) is 6.54 Å². The third-order valence-corrected chi connectivity index (χ3v) is 2.27. The van der Waals surface area contributed by atoms with Gasteiger partial charge >= 0.3 is 5.97 Å². The van der Waals surface area contributed by atoms with E-state index < -0.39 is 29.5 Å². The number of hydrogen-bond acceptors (Lipinski definition) is 4. The molecule has 0 fully saturated rings. The first-order valence-electron chi connectivity index (χ1n) is 5.36. The highest BCUT2D eigenvalue weighted by Crippen LogP contribution is 2.24.